The Kier molecular flexibility index (Phi) is 4.60. The molecule has 2 heteroatoms. The van der Waals surface area contributed by atoms with Crippen LogP contribution in [0.25, 0.3) is 0 Å². The molecule has 148 valence electrons. The lowest BCUT2D eigenvalue weighted by Crippen LogP contribution is -2.62. The lowest BCUT2D eigenvalue weighted by molar-refractivity contribution is 0.185. The summed E-state index contributed by atoms with van der Waals surface area (Å²) in [6, 6.07) is 0. The first kappa shape index (κ1) is 18.5. The molecule has 5 aliphatic rings. The van der Waals surface area contributed by atoms with Gasteiger partial charge in [0.25, 0.3) is 0 Å². The van der Waals surface area contributed by atoms with Crippen molar-refractivity contribution >= 4 is 15.2 Å². The third-order valence-corrected chi connectivity index (χ3v) is 32.1. The zero-order valence-electron chi connectivity index (χ0n) is 18.1. The summed E-state index contributed by atoms with van der Waals surface area (Å²) in [5, 5.41) is 0. The van der Waals surface area contributed by atoms with Crippen molar-refractivity contribution < 1.29 is 0 Å². The van der Waals surface area contributed by atoms with E-state index < -0.39 is 15.2 Å². The van der Waals surface area contributed by atoms with Crippen molar-refractivity contribution in [1.82, 2.24) is 0 Å². The van der Waals surface area contributed by atoms with Gasteiger partial charge in [-0.2, -0.15) is 0 Å². The van der Waals surface area contributed by atoms with E-state index in [-0.39, 0.29) is 0 Å². The fourth-order valence-corrected chi connectivity index (χ4v) is 24.0. The van der Waals surface area contributed by atoms with Crippen LogP contribution >= 0.6 is 0 Å². The maximum Gasteiger partial charge on any atom is 0.0449 e. The molecular weight excluding hydrogens is 344 g/mol. The van der Waals surface area contributed by atoms with E-state index in [0.717, 1.165) is 35.5 Å². The minimum absolute atomic E-state index is 1.13. The number of fused-ring (bicyclic) bond motifs is 6. The maximum atomic E-state index is 2.92. The molecular formula is C24H44Si2. The van der Waals surface area contributed by atoms with Gasteiger partial charge in [-0.3, -0.25) is 0 Å². The van der Waals surface area contributed by atoms with Gasteiger partial charge in [0.2, 0.25) is 0 Å². The summed E-state index contributed by atoms with van der Waals surface area (Å²) >= 11 is 0. The molecule has 0 bridgehead atoms. The van der Waals surface area contributed by atoms with E-state index in [0.29, 0.717) is 0 Å². The Morgan fingerprint density at radius 2 is 0.846 bits per heavy atom. The molecule has 4 saturated carbocycles. The van der Waals surface area contributed by atoms with Crippen molar-refractivity contribution in [3.8, 4) is 0 Å². The van der Waals surface area contributed by atoms with Crippen molar-refractivity contribution in [2.75, 3.05) is 0 Å². The van der Waals surface area contributed by atoms with E-state index in [1.165, 1.54) is 11.1 Å². The fourth-order valence-electron chi connectivity index (χ4n) is 9.61. The van der Waals surface area contributed by atoms with Crippen molar-refractivity contribution in [1.29, 1.82) is 0 Å². The monoisotopic (exact) mass is 388 g/mol. The highest BCUT2D eigenvalue weighted by Gasteiger charge is 2.62. The quantitative estimate of drug-likeness (QED) is 0.373. The van der Waals surface area contributed by atoms with Gasteiger partial charge >= 0.3 is 0 Å². The number of hydrogen-bond acceptors (Lipinski definition) is 0. The largest absolute Gasteiger partial charge is 0.0711 e. The number of rotatable bonds is 0. The Balaban J connectivity index is 1.50. The standard InChI is InChI=1S/C24H44Si2/c1-25(2)23-15-17-9-5-7-11-19(17)21(23)13-14-22-20-12-8-6-10-18(20)16-24(22)26(25,3)4/h17-24H,5-16H2,1-4H3. The average molecular weight is 389 g/mol. The van der Waals surface area contributed by atoms with Crippen molar-refractivity contribution in [2.24, 2.45) is 35.5 Å². The summed E-state index contributed by atoms with van der Waals surface area (Å²) in [6.45, 7) is 11.7. The SMILES string of the molecule is C[Si]1(C)C2CC3CCCCC3C2CCC2C3CCCCC3CC2[Si]1(C)C. The zero-order chi connectivity index (χ0) is 18.1. The predicted molar refractivity (Wildman–Crippen MR) is 119 cm³/mol. The van der Waals surface area contributed by atoms with E-state index in [1.807, 2.05) is 0 Å². The van der Waals surface area contributed by atoms with Crippen LogP contribution in [0.2, 0.25) is 37.3 Å². The molecule has 0 nitrogen and oxygen atoms in total. The highest BCUT2D eigenvalue weighted by molar-refractivity contribution is 7.41. The van der Waals surface area contributed by atoms with Gasteiger partial charge in [0.05, 0.1) is 0 Å². The molecule has 0 radical (unpaired) electrons. The van der Waals surface area contributed by atoms with Gasteiger partial charge in [-0.1, -0.05) is 64.7 Å². The van der Waals surface area contributed by atoms with Crippen LogP contribution in [0, 0.1) is 35.5 Å². The van der Waals surface area contributed by atoms with Crippen LogP contribution in [0.3, 0.4) is 0 Å². The van der Waals surface area contributed by atoms with Crippen LogP contribution in [0.1, 0.15) is 77.0 Å². The first-order chi connectivity index (χ1) is 12.4. The highest BCUT2D eigenvalue weighted by atomic mass is 29.3. The maximum absolute atomic E-state index is 2.92. The third kappa shape index (κ3) is 2.56. The summed E-state index contributed by atoms with van der Waals surface area (Å²) < 4.78 is 0. The zero-order valence-corrected chi connectivity index (χ0v) is 20.1. The Morgan fingerprint density at radius 1 is 0.462 bits per heavy atom. The molecule has 0 aromatic carbocycles. The molecule has 8 unspecified atom stereocenters. The molecule has 0 aromatic heterocycles. The molecule has 1 aliphatic heterocycles. The van der Waals surface area contributed by atoms with Crippen LogP contribution in [0.15, 0.2) is 0 Å². The summed E-state index contributed by atoms with van der Waals surface area (Å²) in [4.78, 5) is 0. The van der Waals surface area contributed by atoms with Gasteiger partial charge in [0, 0.05) is 15.2 Å². The summed E-state index contributed by atoms with van der Waals surface area (Å²) in [6.07, 6.45) is 19.3. The Morgan fingerprint density at radius 3 is 1.27 bits per heavy atom. The van der Waals surface area contributed by atoms with Crippen LogP contribution in [0.4, 0.5) is 0 Å². The summed E-state index contributed by atoms with van der Waals surface area (Å²) in [7, 11) is -2.26. The van der Waals surface area contributed by atoms with Crippen molar-refractivity contribution in [3.05, 3.63) is 0 Å². The third-order valence-electron chi connectivity index (χ3n) is 11.5. The van der Waals surface area contributed by atoms with E-state index in [2.05, 4.69) is 26.2 Å². The molecule has 5 rings (SSSR count). The highest BCUT2D eigenvalue weighted by Crippen LogP contribution is 2.65. The lowest BCUT2D eigenvalue weighted by Gasteiger charge is -2.53. The van der Waals surface area contributed by atoms with Gasteiger partial charge in [-0.05, 0) is 85.1 Å². The second kappa shape index (κ2) is 6.47. The van der Waals surface area contributed by atoms with Gasteiger partial charge in [-0.25, -0.2) is 0 Å². The van der Waals surface area contributed by atoms with Crippen LogP contribution in [-0.4, -0.2) is 15.2 Å². The topological polar surface area (TPSA) is 0 Å². The lowest BCUT2D eigenvalue weighted by atomic mass is 9.73. The molecule has 5 fully saturated rings. The minimum atomic E-state index is -1.13. The molecule has 1 heterocycles. The van der Waals surface area contributed by atoms with E-state index >= 15 is 0 Å². The van der Waals surface area contributed by atoms with Crippen molar-refractivity contribution in [3.63, 3.8) is 0 Å². The van der Waals surface area contributed by atoms with Crippen LogP contribution < -0.4 is 0 Å². The van der Waals surface area contributed by atoms with E-state index in [9.17, 15) is 0 Å². The molecule has 26 heavy (non-hydrogen) atoms. The molecule has 0 amide bonds. The Labute approximate surface area is 165 Å². The van der Waals surface area contributed by atoms with Gasteiger partial charge in [0.15, 0.2) is 0 Å². The smallest absolute Gasteiger partial charge is 0.0449 e. The number of hydrogen-bond donors (Lipinski definition) is 0. The van der Waals surface area contributed by atoms with Gasteiger partial charge in [0.1, 0.15) is 0 Å². The molecule has 0 spiro atoms. The predicted octanol–water partition coefficient (Wildman–Crippen LogP) is 7.67. The Bertz CT molecular complexity index is 490. The first-order valence-electron chi connectivity index (χ1n) is 12.4. The van der Waals surface area contributed by atoms with Gasteiger partial charge in [-0.15, -0.1) is 0 Å². The summed E-state index contributed by atoms with van der Waals surface area (Å²) in [5.74, 6) is 6.94. The molecule has 8 atom stereocenters. The second-order valence-corrected chi connectivity index (χ2v) is 28.6. The minimum Gasteiger partial charge on any atom is -0.0711 e. The second-order valence-electron chi connectivity index (χ2n) is 12.4. The van der Waals surface area contributed by atoms with Crippen LogP contribution in [-0.2, 0) is 0 Å². The fraction of sp³-hybridized carbons (Fsp3) is 1.00. The average Bonchev–Trinajstić information content (AvgIpc) is 3.18. The van der Waals surface area contributed by atoms with E-state index in [1.54, 1.807) is 77.0 Å². The summed E-state index contributed by atoms with van der Waals surface area (Å²) in [5.41, 5.74) is 2.42. The van der Waals surface area contributed by atoms with Crippen molar-refractivity contribution in [2.45, 2.75) is 114 Å². The molecule has 4 aliphatic carbocycles. The van der Waals surface area contributed by atoms with E-state index in [4.69, 9.17) is 0 Å². The van der Waals surface area contributed by atoms with Gasteiger partial charge < -0.3 is 0 Å². The normalized spacial score (nSPS) is 52.2. The Hall–Kier alpha value is 0.434. The van der Waals surface area contributed by atoms with Crippen LogP contribution in [0.5, 0.6) is 0 Å². The first-order valence-corrected chi connectivity index (χ1v) is 19.6. The molecule has 1 saturated heterocycles. The molecule has 0 aromatic rings. The molecule has 0 N–H and O–H groups in total.